The molecule has 0 radical (unpaired) electrons. The Hall–Kier alpha value is -2.95. The van der Waals surface area contributed by atoms with Crippen molar-refractivity contribution < 1.29 is 19.1 Å². The lowest BCUT2D eigenvalue weighted by Gasteiger charge is -2.17. The van der Waals surface area contributed by atoms with E-state index in [4.69, 9.17) is 4.74 Å². The minimum absolute atomic E-state index is 0.272. The molecule has 0 aliphatic carbocycles. The molecule has 0 fully saturated rings. The van der Waals surface area contributed by atoms with Gasteiger partial charge in [0.25, 0.3) is 11.8 Å². The van der Waals surface area contributed by atoms with Gasteiger partial charge < -0.3 is 4.74 Å². The summed E-state index contributed by atoms with van der Waals surface area (Å²) in [4.78, 5) is 36.8. The quantitative estimate of drug-likeness (QED) is 0.639. The second kappa shape index (κ2) is 4.86. The number of nitrogens with zero attached hydrogens (tertiary/aromatic N) is 1. The van der Waals surface area contributed by atoms with Gasteiger partial charge in [-0.05, 0) is 30.3 Å². The van der Waals surface area contributed by atoms with Gasteiger partial charge in [-0.15, -0.1) is 0 Å². The Morgan fingerprint density at radius 2 is 1.62 bits per heavy atom. The lowest BCUT2D eigenvalue weighted by atomic mass is 10.1. The lowest BCUT2D eigenvalue weighted by Crippen LogP contribution is -2.29. The minimum atomic E-state index is -0.419. The van der Waals surface area contributed by atoms with Gasteiger partial charge in [0, 0.05) is 5.56 Å². The molecule has 5 heteroatoms. The molecular formula is C16H11NO4. The number of methoxy groups -OCH3 is 1. The number of rotatable bonds is 3. The smallest absolute Gasteiger partial charge is 0.266 e. The molecular weight excluding hydrogens is 270 g/mol. The topological polar surface area (TPSA) is 63.7 Å². The molecule has 5 nitrogen and oxygen atoms in total. The van der Waals surface area contributed by atoms with Crippen LogP contribution >= 0.6 is 0 Å². The van der Waals surface area contributed by atoms with Crippen molar-refractivity contribution in [3.8, 4) is 5.75 Å². The molecule has 0 aromatic heterocycles. The maximum atomic E-state index is 12.4. The van der Waals surface area contributed by atoms with Crippen molar-refractivity contribution in [3.63, 3.8) is 0 Å². The standard InChI is InChI=1S/C16H11NO4/c1-21-14-7-6-10(9-18)8-13(14)17-15(19)11-4-2-3-5-12(11)16(17)20/h2-9H,1H3. The number of hydrogen-bond acceptors (Lipinski definition) is 4. The zero-order chi connectivity index (χ0) is 15.0. The number of ether oxygens (including phenoxy) is 1. The summed E-state index contributed by atoms with van der Waals surface area (Å²) in [5.41, 5.74) is 1.33. The van der Waals surface area contributed by atoms with Crippen LogP contribution in [0.1, 0.15) is 31.1 Å². The Labute approximate surface area is 120 Å². The Balaban J connectivity index is 2.16. The van der Waals surface area contributed by atoms with Crippen LogP contribution in [0.3, 0.4) is 0 Å². The summed E-state index contributed by atoms with van der Waals surface area (Å²) >= 11 is 0. The summed E-state index contributed by atoms with van der Waals surface area (Å²) < 4.78 is 5.19. The average molecular weight is 281 g/mol. The molecule has 2 aromatic carbocycles. The van der Waals surface area contributed by atoms with E-state index in [1.165, 1.54) is 13.2 Å². The van der Waals surface area contributed by atoms with Crippen LogP contribution in [0.5, 0.6) is 5.75 Å². The average Bonchev–Trinajstić information content (AvgIpc) is 2.78. The summed E-state index contributed by atoms with van der Waals surface area (Å²) in [6.07, 6.45) is 0.654. The molecule has 2 aromatic rings. The number of carbonyl (C=O) groups excluding carboxylic acids is 3. The molecule has 0 N–H and O–H groups in total. The first-order chi connectivity index (χ1) is 10.2. The van der Waals surface area contributed by atoms with Crippen molar-refractivity contribution >= 4 is 23.8 Å². The first kappa shape index (κ1) is 13.1. The number of hydrogen-bond donors (Lipinski definition) is 0. The fourth-order valence-corrected chi connectivity index (χ4v) is 2.36. The number of anilines is 1. The monoisotopic (exact) mass is 281 g/mol. The predicted octanol–water partition coefficient (Wildman–Crippen LogP) is 2.31. The lowest BCUT2D eigenvalue weighted by molar-refractivity contribution is 0.0924. The van der Waals surface area contributed by atoms with E-state index >= 15 is 0 Å². The normalized spacial score (nSPS) is 13.3. The number of imide groups is 1. The van der Waals surface area contributed by atoms with Crippen molar-refractivity contribution in [2.24, 2.45) is 0 Å². The van der Waals surface area contributed by atoms with Gasteiger partial charge in [-0.3, -0.25) is 14.4 Å². The molecule has 21 heavy (non-hydrogen) atoms. The van der Waals surface area contributed by atoms with Crippen molar-refractivity contribution in [2.75, 3.05) is 12.0 Å². The molecule has 1 heterocycles. The van der Waals surface area contributed by atoms with E-state index in [9.17, 15) is 14.4 Å². The number of carbonyl (C=O) groups is 3. The molecule has 0 spiro atoms. The fourth-order valence-electron chi connectivity index (χ4n) is 2.36. The Morgan fingerprint density at radius 1 is 1.00 bits per heavy atom. The van der Waals surface area contributed by atoms with Crippen molar-refractivity contribution in [2.45, 2.75) is 0 Å². The van der Waals surface area contributed by atoms with Crippen molar-refractivity contribution in [3.05, 3.63) is 59.2 Å². The minimum Gasteiger partial charge on any atom is -0.495 e. The van der Waals surface area contributed by atoms with Crippen LogP contribution in [-0.2, 0) is 0 Å². The maximum Gasteiger partial charge on any atom is 0.266 e. The van der Waals surface area contributed by atoms with Crippen LogP contribution in [0.15, 0.2) is 42.5 Å². The number of amides is 2. The summed E-state index contributed by atoms with van der Waals surface area (Å²) in [6.45, 7) is 0. The van der Waals surface area contributed by atoms with E-state index in [1.807, 2.05) is 0 Å². The van der Waals surface area contributed by atoms with Crippen LogP contribution in [0.25, 0.3) is 0 Å². The van der Waals surface area contributed by atoms with Gasteiger partial charge in [0.1, 0.15) is 12.0 Å². The Kier molecular flexibility index (Phi) is 3.02. The SMILES string of the molecule is COc1ccc(C=O)cc1N1C(=O)c2ccccc2C1=O. The van der Waals surface area contributed by atoms with E-state index in [0.717, 1.165) is 4.90 Å². The third kappa shape index (κ3) is 1.90. The highest BCUT2D eigenvalue weighted by molar-refractivity contribution is 6.34. The van der Waals surface area contributed by atoms with Crippen LogP contribution in [-0.4, -0.2) is 25.2 Å². The molecule has 0 saturated carbocycles. The summed E-state index contributed by atoms with van der Waals surface area (Å²) in [5, 5.41) is 0. The van der Waals surface area contributed by atoms with Crippen molar-refractivity contribution in [1.82, 2.24) is 0 Å². The zero-order valence-electron chi connectivity index (χ0n) is 11.2. The van der Waals surface area contributed by atoms with Gasteiger partial charge in [0.15, 0.2) is 0 Å². The molecule has 0 bridgehead atoms. The molecule has 3 rings (SSSR count). The van der Waals surface area contributed by atoms with Gasteiger partial charge in [-0.2, -0.15) is 0 Å². The summed E-state index contributed by atoms with van der Waals surface area (Å²) in [7, 11) is 1.44. The summed E-state index contributed by atoms with van der Waals surface area (Å²) in [6, 6.07) is 11.2. The van der Waals surface area contributed by atoms with Gasteiger partial charge in [-0.25, -0.2) is 4.90 Å². The first-order valence-corrected chi connectivity index (χ1v) is 6.28. The van der Waals surface area contributed by atoms with Crippen LogP contribution in [0.4, 0.5) is 5.69 Å². The molecule has 1 aliphatic heterocycles. The van der Waals surface area contributed by atoms with Crippen molar-refractivity contribution in [1.29, 1.82) is 0 Å². The Morgan fingerprint density at radius 3 is 2.14 bits per heavy atom. The maximum absolute atomic E-state index is 12.4. The second-order valence-electron chi connectivity index (χ2n) is 4.54. The number of benzene rings is 2. The van der Waals surface area contributed by atoms with Crippen LogP contribution < -0.4 is 9.64 Å². The van der Waals surface area contributed by atoms with E-state index in [0.29, 0.717) is 28.7 Å². The molecule has 0 unspecified atom stereocenters. The van der Waals surface area contributed by atoms with E-state index in [1.54, 1.807) is 36.4 Å². The highest BCUT2D eigenvalue weighted by atomic mass is 16.5. The molecule has 104 valence electrons. The fraction of sp³-hybridized carbons (Fsp3) is 0.0625. The van der Waals surface area contributed by atoms with Gasteiger partial charge >= 0.3 is 0 Å². The third-order valence-electron chi connectivity index (χ3n) is 3.37. The third-order valence-corrected chi connectivity index (χ3v) is 3.37. The molecule has 2 amide bonds. The largest absolute Gasteiger partial charge is 0.495 e. The van der Waals surface area contributed by atoms with Gasteiger partial charge in [-0.1, -0.05) is 12.1 Å². The van der Waals surface area contributed by atoms with Crippen LogP contribution in [0.2, 0.25) is 0 Å². The molecule has 0 atom stereocenters. The van der Waals surface area contributed by atoms with E-state index in [2.05, 4.69) is 0 Å². The van der Waals surface area contributed by atoms with Gasteiger partial charge in [0.2, 0.25) is 0 Å². The van der Waals surface area contributed by atoms with Gasteiger partial charge in [0.05, 0.1) is 23.9 Å². The highest BCUT2D eigenvalue weighted by Crippen LogP contribution is 2.35. The highest BCUT2D eigenvalue weighted by Gasteiger charge is 2.37. The molecule has 1 aliphatic rings. The van der Waals surface area contributed by atoms with Crippen LogP contribution in [0, 0.1) is 0 Å². The summed E-state index contributed by atoms with van der Waals surface area (Å²) in [5.74, 6) is -0.482. The second-order valence-corrected chi connectivity index (χ2v) is 4.54. The number of fused-ring (bicyclic) bond motifs is 1. The zero-order valence-corrected chi connectivity index (χ0v) is 11.2. The number of aldehydes is 1. The first-order valence-electron chi connectivity index (χ1n) is 6.28. The Bertz CT molecular complexity index is 732. The van der Waals surface area contributed by atoms with E-state index < -0.39 is 11.8 Å². The predicted molar refractivity (Wildman–Crippen MR) is 76.0 cm³/mol. The molecule has 0 saturated heterocycles. The van der Waals surface area contributed by atoms with E-state index in [-0.39, 0.29) is 5.69 Å².